The molecule has 3 aromatic rings. The van der Waals surface area contributed by atoms with Gasteiger partial charge in [0.2, 0.25) is 11.1 Å². The number of nitrogens with zero attached hydrogens (tertiary/aromatic N) is 5. The van der Waals surface area contributed by atoms with E-state index < -0.39 is 0 Å². The summed E-state index contributed by atoms with van der Waals surface area (Å²) >= 11 is 1.36. The lowest BCUT2D eigenvalue weighted by molar-refractivity contribution is -0.117. The second kappa shape index (κ2) is 7.30. The third-order valence-electron chi connectivity index (χ3n) is 5.70. The summed E-state index contributed by atoms with van der Waals surface area (Å²) in [5.74, 6) is 0.346. The maximum absolute atomic E-state index is 13.4. The summed E-state index contributed by atoms with van der Waals surface area (Å²) in [4.78, 5) is 15.3. The number of carbonyl (C=O) groups is 1. The zero-order valence-electron chi connectivity index (χ0n) is 17.2. The minimum atomic E-state index is -0.339. The van der Waals surface area contributed by atoms with E-state index in [0.29, 0.717) is 5.16 Å². The van der Waals surface area contributed by atoms with Crippen molar-refractivity contribution < 1.29 is 4.79 Å². The lowest BCUT2D eigenvalue weighted by Crippen LogP contribution is -2.56. The molecule has 0 spiro atoms. The van der Waals surface area contributed by atoms with Gasteiger partial charge in [-0.1, -0.05) is 67.2 Å². The molecule has 7 heteroatoms. The van der Waals surface area contributed by atoms with Crippen molar-refractivity contribution in [2.75, 3.05) is 10.7 Å². The Bertz CT molecular complexity index is 1030. The van der Waals surface area contributed by atoms with Gasteiger partial charge in [-0.25, -0.2) is 4.68 Å². The van der Waals surface area contributed by atoms with Gasteiger partial charge in [-0.2, -0.15) is 0 Å². The maximum Gasteiger partial charge on any atom is 0.237 e. The van der Waals surface area contributed by atoms with Crippen molar-refractivity contribution in [3.63, 3.8) is 0 Å². The third kappa shape index (κ3) is 3.44. The molecule has 6 nitrogen and oxygen atoms in total. The molecule has 1 aromatic heterocycles. The van der Waals surface area contributed by atoms with Crippen molar-refractivity contribution in [3.05, 3.63) is 65.7 Å². The summed E-state index contributed by atoms with van der Waals surface area (Å²) in [6.07, 6.45) is 0.836. The molecular weight excluding hydrogens is 382 g/mol. The van der Waals surface area contributed by atoms with Crippen LogP contribution in [0.25, 0.3) is 0 Å². The van der Waals surface area contributed by atoms with Gasteiger partial charge in [0.05, 0.1) is 5.75 Å². The number of rotatable bonds is 4. The Morgan fingerprint density at radius 3 is 2.45 bits per heavy atom. The molecule has 0 N–H and O–H groups in total. The highest BCUT2D eigenvalue weighted by Gasteiger charge is 2.47. The van der Waals surface area contributed by atoms with E-state index >= 15 is 0 Å². The number of aromatic nitrogens is 4. The standard InChI is InChI=1S/C22H25N5OS/c1-21(2)15-22(3,16-10-6-5-7-11-16)17-12-8-9-13-18(17)27(21)19(28)14-29-20-23-24-25-26(20)4/h5-13H,14-15H2,1-4H3/t22-/m0/s1. The number of hydrogen-bond acceptors (Lipinski definition) is 5. The number of tetrazole rings is 1. The predicted octanol–water partition coefficient (Wildman–Crippen LogP) is 3.82. The van der Waals surface area contributed by atoms with Gasteiger partial charge in [-0.3, -0.25) is 4.79 Å². The molecule has 150 valence electrons. The molecule has 2 aromatic carbocycles. The molecule has 29 heavy (non-hydrogen) atoms. The van der Waals surface area contributed by atoms with Crippen LogP contribution < -0.4 is 4.90 Å². The van der Waals surface area contributed by atoms with Crippen LogP contribution in [0.3, 0.4) is 0 Å². The molecule has 0 saturated heterocycles. The van der Waals surface area contributed by atoms with Crippen molar-refractivity contribution in [2.45, 2.75) is 43.3 Å². The Kier molecular flexibility index (Phi) is 4.94. The van der Waals surface area contributed by atoms with E-state index in [0.717, 1.165) is 12.1 Å². The molecule has 1 amide bonds. The first kappa shape index (κ1) is 19.6. The van der Waals surface area contributed by atoms with E-state index in [9.17, 15) is 4.79 Å². The van der Waals surface area contributed by atoms with Gasteiger partial charge in [-0.05, 0) is 47.9 Å². The summed E-state index contributed by atoms with van der Waals surface area (Å²) in [7, 11) is 1.78. The summed E-state index contributed by atoms with van der Waals surface area (Å²) in [5, 5.41) is 12.1. The Labute approximate surface area is 175 Å². The van der Waals surface area contributed by atoms with Crippen molar-refractivity contribution in [2.24, 2.45) is 7.05 Å². The van der Waals surface area contributed by atoms with Crippen molar-refractivity contribution in [1.82, 2.24) is 20.2 Å². The highest BCUT2D eigenvalue weighted by atomic mass is 32.2. The fraction of sp³-hybridized carbons (Fsp3) is 0.364. The molecule has 0 bridgehead atoms. The molecule has 1 aliphatic rings. The van der Waals surface area contributed by atoms with E-state index in [2.05, 4.69) is 78.8 Å². The minimum absolute atomic E-state index is 0.0607. The van der Waals surface area contributed by atoms with Crippen LogP contribution in [0.5, 0.6) is 0 Å². The van der Waals surface area contributed by atoms with Gasteiger partial charge >= 0.3 is 0 Å². The Balaban J connectivity index is 1.72. The van der Waals surface area contributed by atoms with Crippen molar-refractivity contribution in [1.29, 1.82) is 0 Å². The van der Waals surface area contributed by atoms with Crippen LogP contribution in [0.1, 0.15) is 38.3 Å². The van der Waals surface area contributed by atoms with E-state index in [1.807, 2.05) is 17.0 Å². The quantitative estimate of drug-likeness (QED) is 0.615. The monoisotopic (exact) mass is 407 g/mol. The average molecular weight is 408 g/mol. The van der Waals surface area contributed by atoms with Crippen LogP contribution in [0.15, 0.2) is 59.8 Å². The number of anilines is 1. The first-order chi connectivity index (χ1) is 13.8. The van der Waals surface area contributed by atoms with Crippen LogP contribution in [-0.2, 0) is 17.3 Å². The number of carbonyl (C=O) groups excluding carboxylic acids is 1. The average Bonchev–Trinajstić information content (AvgIpc) is 3.11. The van der Waals surface area contributed by atoms with Crippen molar-refractivity contribution in [3.8, 4) is 0 Å². The second-order valence-corrected chi connectivity index (χ2v) is 9.25. The lowest BCUT2D eigenvalue weighted by atomic mass is 9.65. The first-order valence-corrected chi connectivity index (χ1v) is 10.6. The van der Waals surface area contributed by atoms with Crippen LogP contribution in [0.4, 0.5) is 5.69 Å². The molecule has 1 aliphatic heterocycles. The van der Waals surface area contributed by atoms with E-state index in [-0.39, 0.29) is 22.6 Å². The fourth-order valence-corrected chi connectivity index (χ4v) is 5.27. The molecule has 2 heterocycles. The zero-order chi connectivity index (χ0) is 20.6. The van der Waals surface area contributed by atoms with Gasteiger partial charge in [0.25, 0.3) is 0 Å². The number of benzene rings is 2. The molecule has 0 aliphatic carbocycles. The number of hydrogen-bond donors (Lipinski definition) is 0. The zero-order valence-corrected chi connectivity index (χ0v) is 18.0. The van der Waals surface area contributed by atoms with Crippen LogP contribution in [0, 0.1) is 0 Å². The Morgan fingerprint density at radius 2 is 1.76 bits per heavy atom. The van der Waals surface area contributed by atoms with Gasteiger partial charge in [0, 0.05) is 23.7 Å². The van der Waals surface area contributed by atoms with E-state index in [1.54, 1.807) is 11.7 Å². The fourth-order valence-electron chi connectivity index (χ4n) is 4.57. The molecule has 0 unspecified atom stereocenters. The third-order valence-corrected chi connectivity index (χ3v) is 6.69. The molecule has 4 rings (SSSR count). The second-order valence-electron chi connectivity index (χ2n) is 8.31. The van der Waals surface area contributed by atoms with E-state index in [4.69, 9.17) is 0 Å². The number of aryl methyl sites for hydroxylation is 1. The van der Waals surface area contributed by atoms with Gasteiger partial charge in [-0.15, -0.1) is 5.10 Å². The maximum atomic E-state index is 13.4. The normalized spacial score (nSPS) is 20.3. The van der Waals surface area contributed by atoms with Gasteiger partial charge < -0.3 is 4.90 Å². The largest absolute Gasteiger partial charge is 0.306 e. The molecular formula is C22H25N5OS. The number of thioether (sulfide) groups is 1. The summed E-state index contributed by atoms with van der Waals surface area (Å²) in [6.45, 7) is 6.58. The molecule has 0 fully saturated rings. The summed E-state index contributed by atoms with van der Waals surface area (Å²) in [6, 6.07) is 18.8. The van der Waals surface area contributed by atoms with Crippen molar-refractivity contribution >= 4 is 23.4 Å². The van der Waals surface area contributed by atoms with Gasteiger partial charge in [0.15, 0.2) is 0 Å². The highest BCUT2D eigenvalue weighted by Crippen LogP contribution is 2.50. The van der Waals surface area contributed by atoms with Gasteiger partial charge in [0.1, 0.15) is 0 Å². The predicted molar refractivity (Wildman–Crippen MR) is 115 cm³/mol. The molecule has 0 radical (unpaired) electrons. The summed E-state index contributed by atoms with van der Waals surface area (Å²) in [5.41, 5.74) is 2.93. The SMILES string of the molecule is Cn1nnnc1SCC(=O)N1c2ccccc2[C@](C)(c2ccccc2)CC1(C)C. The summed E-state index contributed by atoms with van der Waals surface area (Å²) < 4.78 is 1.58. The van der Waals surface area contributed by atoms with Crippen LogP contribution in [-0.4, -0.2) is 37.4 Å². The molecule has 0 saturated carbocycles. The smallest absolute Gasteiger partial charge is 0.237 e. The number of para-hydroxylation sites is 1. The highest BCUT2D eigenvalue weighted by molar-refractivity contribution is 7.99. The van der Waals surface area contributed by atoms with Crippen LogP contribution >= 0.6 is 11.8 Å². The van der Waals surface area contributed by atoms with Crippen LogP contribution in [0.2, 0.25) is 0 Å². The Hall–Kier alpha value is -2.67. The van der Waals surface area contributed by atoms with E-state index in [1.165, 1.54) is 22.9 Å². The first-order valence-electron chi connectivity index (χ1n) is 9.66. The lowest BCUT2D eigenvalue weighted by Gasteiger charge is -2.51. The molecule has 1 atom stereocenters. The number of fused-ring (bicyclic) bond motifs is 1. The topological polar surface area (TPSA) is 63.9 Å². The Morgan fingerprint density at radius 1 is 1.07 bits per heavy atom. The number of amides is 1. The minimum Gasteiger partial charge on any atom is -0.306 e.